The summed E-state index contributed by atoms with van der Waals surface area (Å²) in [6.45, 7) is 0. The van der Waals surface area contributed by atoms with Gasteiger partial charge in [-0.15, -0.1) is 0 Å². The van der Waals surface area contributed by atoms with Crippen LogP contribution < -0.4 is 21.5 Å². The van der Waals surface area contributed by atoms with E-state index in [0.29, 0.717) is 0 Å². The molecule has 0 N–H and O–H groups in total. The Kier molecular flexibility index (Phi) is 3.72. The van der Waals surface area contributed by atoms with E-state index in [2.05, 4.69) is 4.98 Å². The van der Waals surface area contributed by atoms with E-state index < -0.39 is 17.8 Å². The monoisotopic (exact) mass is 400 g/mol. The second-order valence-electron chi connectivity index (χ2n) is 6.48. The molecule has 1 fully saturated rings. The molecule has 2 nitrogen and oxygen atoms in total. The smallest absolute Gasteiger partial charge is 0.263 e. The summed E-state index contributed by atoms with van der Waals surface area (Å²) >= 11 is 0. The number of alkyl halides is 2. The van der Waals surface area contributed by atoms with Crippen molar-refractivity contribution in [2.24, 2.45) is 0 Å². The second kappa shape index (κ2) is 5.70. The highest BCUT2D eigenvalue weighted by Crippen LogP contribution is 2.69. The number of fused-ring (bicyclic) bond motifs is 5. The lowest BCUT2D eigenvalue weighted by molar-refractivity contribution is -0.705. The second-order valence-corrected chi connectivity index (χ2v) is 6.48. The molecule has 0 saturated heterocycles. The van der Waals surface area contributed by atoms with Crippen LogP contribution in [0, 0.1) is 0 Å². The van der Waals surface area contributed by atoms with Gasteiger partial charge in [-0.2, -0.15) is 4.57 Å². The van der Waals surface area contributed by atoms with Crippen LogP contribution in [0.15, 0.2) is 73.3 Å². The fourth-order valence-electron chi connectivity index (χ4n) is 4.18. The molecule has 5 heteroatoms. The highest BCUT2D eigenvalue weighted by molar-refractivity contribution is 5.55. The van der Waals surface area contributed by atoms with E-state index in [9.17, 15) is 8.78 Å². The van der Waals surface area contributed by atoms with Crippen molar-refractivity contribution in [2.45, 2.75) is 23.8 Å². The van der Waals surface area contributed by atoms with Gasteiger partial charge in [0.05, 0.1) is 24.2 Å². The predicted octanol–water partition coefficient (Wildman–Crippen LogP) is 0.840. The minimum Gasteiger partial charge on any atom is -1.00 e. The van der Waals surface area contributed by atoms with Crippen LogP contribution >= 0.6 is 0 Å². The SMILES string of the molecule is FC1(F)C2c3ccccc3C([n+]3ccncc3)c3ccccc3C21.[Br-]. The maximum Gasteiger partial charge on any atom is 0.263 e. The predicted molar refractivity (Wildman–Crippen MR) is 85.0 cm³/mol. The van der Waals surface area contributed by atoms with Gasteiger partial charge in [0.2, 0.25) is 6.04 Å². The quantitative estimate of drug-likeness (QED) is 0.553. The number of benzene rings is 2. The molecule has 2 aliphatic carbocycles. The van der Waals surface area contributed by atoms with E-state index in [4.69, 9.17) is 0 Å². The zero-order valence-electron chi connectivity index (χ0n) is 13.2. The Balaban J connectivity index is 0.00000157. The first kappa shape index (κ1) is 16.3. The molecule has 2 unspecified atom stereocenters. The first-order valence-electron chi connectivity index (χ1n) is 8.06. The Hall–Kier alpha value is -2.14. The average Bonchev–Trinajstić information content (AvgIpc) is 3.22. The van der Waals surface area contributed by atoms with Gasteiger partial charge < -0.3 is 17.0 Å². The van der Waals surface area contributed by atoms with Crippen molar-refractivity contribution >= 4 is 0 Å². The number of rotatable bonds is 1. The van der Waals surface area contributed by atoms with E-state index >= 15 is 0 Å². The lowest BCUT2D eigenvalue weighted by Crippen LogP contribution is -3.00. The number of halogens is 3. The van der Waals surface area contributed by atoms with Crippen LogP contribution in [0.5, 0.6) is 0 Å². The summed E-state index contributed by atoms with van der Waals surface area (Å²) in [5.74, 6) is -4.11. The summed E-state index contributed by atoms with van der Waals surface area (Å²) in [5.41, 5.74) is 3.42. The van der Waals surface area contributed by atoms with Crippen molar-refractivity contribution < 1.29 is 30.3 Å². The van der Waals surface area contributed by atoms with Crippen LogP contribution in [0.4, 0.5) is 8.78 Å². The zero-order chi connectivity index (χ0) is 16.3. The Morgan fingerprint density at radius 2 is 1.20 bits per heavy atom. The molecule has 1 heterocycles. The molecule has 0 aliphatic heterocycles. The van der Waals surface area contributed by atoms with Crippen molar-refractivity contribution in [2.75, 3.05) is 0 Å². The third kappa shape index (κ3) is 2.25. The minimum absolute atomic E-state index is 0. The number of hydrogen-bond donors (Lipinski definition) is 0. The van der Waals surface area contributed by atoms with Gasteiger partial charge in [-0.25, -0.2) is 8.78 Å². The average molecular weight is 401 g/mol. The molecule has 1 saturated carbocycles. The third-order valence-electron chi connectivity index (χ3n) is 5.25. The fraction of sp³-hybridized carbons (Fsp3) is 0.200. The highest BCUT2D eigenvalue weighted by atomic mass is 79.9. The van der Waals surface area contributed by atoms with Gasteiger partial charge in [0.1, 0.15) is 0 Å². The zero-order valence-corrected chi connectivity index (χ0v) is 14.8. The number of hydrogen-bond acceptors (Lipinski definition) is 1. The van der Waals surface area contributed by atoms with Crippen LogP contribution in [0.3, 0.4) is 0 Å². The van der Waals surface area contributed by atoms with Crippen LogP contribution in [0.1, 0.15) is 40.1 Å². The lowest BCUT2D eigenvalue weighted by atomic mass is 9.92. The number of aromatic nitrogens is 2. The van der Waals surface area contributed by atoms with Crippen LogP contribution in [-0.2, 0) is 0 Å². The van der Waals surface area contributed by atoms with Gasteiger partial charge in [-0.1, -0.05) is 48.5 Å². The van der Waals surface area contributed by atoms with Gasteiger partial charge in [-0.05, 0) is 11.1 Å². The molecule has 2 aromatic carbocycles. The van der Waals surface area contributed by atoms with Gasteiger partial charge >= 0.3 is 0 Å². The van der Waals surface area contributed by atoms with Gasteiger partial charge in [-0.3, -0.25) is 4.98 Å². The van der Waals surface area contributed by atoms with Crippen molar-refractivity contribution in [3.63, 3.8) is 0 Å². The molecule has 0 amide bonds. The molecule has 1 aromatic heterocycles. The Bertz CT molecular complexity index is 874. The maximum absolute atomic E-state index is 14.6. The summed E-state index contributed by atoms with van der Waals surface area (Å²) in [7, 11) is 0. The van der Waals surface area contributed by atoms with Crippen molar-refractivity contribution in [3.05, 3.63) is 95.6 Å². The molecular weight excluding hydrogens is 386 g/mol. The topological polar surface area (TPSA) is 16.8 Å². The van der Waals surface area contributed by atoms with E-state index in [-0.39, 0.29) is 23.0 Å². The van der Waals surface area contributed by atoms with E-state index in [1.54, 1.807) is 12.4 Å². The number of nitrogens with zero attached hydrogens (tertiary/aromatic N) is 2. The largest absolute Gasteiger partial charge is 1.00 e. The van der Waals surface area contributed by atoms with Crippen LogP contribution in [-0.4, -0.2) is 10.9 Å². The van der Waals surface area contributed by atoms with Crippen molar-refractivity contribution in [3.8, 4) is 0 Å². The standard InChI is InChI=1S/C20H15F2N2.BrH/c21-20(22)17-13-5-1-3-7-15(13)19(24-11-9-23-10-12-24)16-8-4-2-6-14(16)18(17)20;/h1-12,17-19H;1H/q+1;/p-1. The molecule has 0 spiro atoms. The summed E-state index contributed by atoms with van der Waals surface area (Å²) < 4.78 is 31.2. The highest BCUT2D eigenvalue weighted by Gasteiger charge is 2.71. The first-order valence-corrected chi connectivity index (χ1v) is 8.06. The van der Waals surface area contributed by atoms with Crippen molar-refractivity contribution in [1.29, 1.82) is 0 Å². The maximum atomic E-state index is 14.6. The normalized spacial score (nSPS) is 24.8. The molecule has 0 bridgehead atoms. The molecule has 25 heavy (non-hydrogen) atoms. The molecule has 0 radical (unpaired) electrons. The van der Waals surface area contributed by atoms with Gasteiger partial charge in [0.25, 0.3) is 5.92 Å². The summed E-state index contributed by atoms with van der Waals surface area (Å²) in [4.78, 5) is 4.08. The first-order chi connectivity index (χ1) is 11.7. The fourth-order valence-corrected chi connectivity index (χ4v) is 4.18. The van der Waals surface area contributed by atoms with E-state index in [0.717, 1.165) is 22.3 Å². The molecule has 2 atom stereocenters. The summed E-state index contributed by atoms with van der Waals surface area (Å²) in [6, 6.07) is 15.1. The molecule has 5 rings (SSSR count). The third-order valence-corrected chi connectivity index (χ3v) is 5.25. The van der Waals surface area contributed by atoms with E-state index in [1.165, 1.54) is 0 Å². The molecule has 3 aromatic rings. The Morgan fingerprint density at radius 3 is 1.68 bits per heavy atom. The minimum atomic E-state index is -2.67. The molecule has 126 valence electrons. The summed E-state index contributed by atoms with van der Waals surface area (Å²) in [5, 5.41) is 0. The Labute approximate surface area is 154 Å². The molecule has 2 aliphatic rings. The summed E-state index contributed by atoms with van der Waals surface area (Å²) in [6.07, 6.45) is 7.25. The van der Waals surface area contributed by atoms with Gasteiger partial charge in [0, 0.05) is 11.1 Å². The van der Waals surface area contributed by atoms with Gasteiger partial charge in [0.15, 0.2) is 12.4 Å². The van der Waals surface area contributed by atoms with Crippen molar-refractivity contribution in [1.82, 2.24) is 4.98 Å². The Morgan fingerprint density at radius 1 is 0.760 bits per heavy atom. The molecular formula is C20H15BrF2N2. The lowest BCUT2D eigenvalue weighted by Gasteiger charge is -2.18. The van der Waals surface area contributed by atoms with Crippen LogP contribution in [0.25, 0.3) is 0 Å². The van der Waals surface area contributed by atoms with E-state index in [1.807, 2.05) is 65.5 Å². The van der Waals surface area contributed by atoms with Crippen LogP contribution in [0.2, 0.25) is 0 Å².